The smallest absolute Gasteiger partial charge is 0.318 e. The van der Waals surface area contributed by atoms with Crippen molar-refractivity contribution in [3.8, 4) is 6.01 Å². The van der Waals surface area contributed by atoms with Gasteiger partial charge >= 0.3 is 6.01 Å². The van der Waals surface area contributed by atoms with E-state index in [1.54, 1.807) is 0 Å². The van der Waals surface area contributed by atoms with Gasteiger partial charge in [0, 0.05) is 6.07 Å². The Morgan fingerprint density at radius 2 is 2.10 bits per heavy atom. The van der Waals surface area contributed by atoms with Crippen molar-refractivity contribution in [1.29, 1.82) is 0 Å². The molecule has 0 aliphatic carbocycles. The van der Waals surface area contributed by atoms with Gasteiger partial charge in [-0.1, -0.05) is 23.2 Å². The third-order valence-corrected chi connectivity index (χ3v) is 1.12. The third kappa shape index (κ3) is 1.72. The van der Waals surface area contributed by atoms with E-state index in [-0.39, 0.29) is 16.3 Å². The summed E-state index contributed by atoms with van der Waals surface area (Å²) in [6.45, 7) is 0. The molecule has 0 atom stereocenters. The summed E-state index contributed by atoms with van der Waals surface area (Å²) < 4.78 is 24.6. The van der Waals surface area contributed by atoms with E-state index in [4.69, 9.17) is 27.3 Å². The largest absolute Gasteiger partial charge is 0.467 e. The van der Waals surface area contributed by atoms with E-state index >= 15 is 0 Å². The molecular formula is C5H4Cl2N2O. The van der Waals surface area contributed by atoms with Crippen LogP contribution in [0.3, 0.4) is 0 Å². The zero-order chi connectivity index (χ0) is 10.1. The number of halogens is 2. The molecule has 0 fully saturated rings. The lowest BCUT2D eigenvalue weighted by Gasteiger charge is -1.96. The Bertz CT molecular complexity index is 297. The van der Waals surface area contributed by atoms with Crippen LogP contribution in [0.4, 0.5) is 0 Å². The van der Waals surface area contributed by atoms with E-state index in [1.807, 2.05) is 0 Å². The zero-order valence-corrected chi connectivity index (χ0v) is 6.15. The Hall–Kier alpha value is -0.540. The summed E-state index contributed by atoms with van der Waals surface area (Å²) in [6, 6.07) is 0.910. The molecule has 0 amide bonds. The highest BCUT2D eigenvalue weighted by Gasteiger charge is 1.98. The van der Waals surface area contributed by atoms with Crippen molar-refractivity contribution in [3.63, 3.8) is 0 Å². The van der Waals surface area contributed by atoms with Crippen LogP contribution in [-0.2, 0) is 0 Å². The lowest BCUT2D eigenvalue weighted by molar-refractivity contribution is 0.380. The van der Waals surface area contributed by atoms with Crippen LogP contribution < -0.4 is 4.74 Å². The molecule has 54 valence electrons. The standard InChI is InChI=1S/C5H4Cl2N2O/c1-10-5-8-3(6)2-4(7)9-5/h2H,1H3/i1D3. The lowest BCUT2D eigenvalue weighted by atomic mass is 10.7. The summed E-state index contributed by atoms with van der Waals surface area (Å²) in [4.78, 5) is 7.01. The Balaban J connectivity index is 2.90. The average Bonchev–Trinajstić information content (AvgIpc) is 1.78. The minimum Gasteiger partial charge on any atom is -0.467 e. The molecule has 0 bridgehead atoms. The Labute approximate surface area is 72.2 Å². The highest BCUT2D eigenvalue weighted by Crippen LogP contribution is 2.14. The van der Waals surface area contributed by atoms with Gasteiger partial charge in [-0.15, -0.1) is 0 Å². The molecule has 1 aromatic heterocycles. The van der Waals surface area contributed by atoms with Crippen LogP contribution in [0, 0.1) is 0 Å². The van der Waals surface area contributed by atoms with Crippen LogP contribution in [0.15, 0.2) is 6.07 Å². The van der Waals surface area contributed by atoms with E-state index in [0.717, 1.165) is 0 Å². The quantitative estimate of drug-likeness (QED) is 0.621. The van der Waals surface area contributed by atoms with E-state index in [0.29, 0.717) is 0 Å². The van der Waals surface area contributed by atoms with Crippen molar-refractivity contribution >= 4 is 23.2 Å². The molecule has 3 nitrogen and oxygen atoms in total. The lowest BCUT2D eigenvalue weighted by Crippen LogP contribution is -1.91. The molecule has 0 unspecified atom stereocenters. The second kappa shape index (κ2) is 3.03. The van der Waals surface area contributed by atoms with E-state index in [2.05, 4.69) is 14.7 Å². The first-order valence-corrected chi connectivity index (χ1v) is 3.01. The molecule has 0 N–H and O–H groups in total. The van der Waals surface area contributed by atoms with Gasteiger partial charge in [-0.2, -0.15) is 9.97 Å². The fourth-order valence-corrected chi connectivity index (χ4v) is 0.823. The minimum absolute atomic E-state index is 0.0271. The maximum atomic E-state index is 6.76. The summed E-state index contributed by atoms with van der Waals surface area (Å²) in [5.74, 6) is 0. The molecule has 10 heavy (non-hydrogen) atoms. The summed E-state index contributed by atoms with van der Waals surface area (Å²) in [5.41, 5.74) is 0. The van der Waals surface area contributed by atoms with Gasteiger partial charge in [-0.05, 0) is 0 Å². The maximum absolute atomic E-state index is 6.76. The van der Waals surface area contributed by atoms with E-state index in [1.165, 1.54) is 6.07 Å². The van der Waals surface area contributed by atoms with Crippen LogP contribution in [0.2, 0.25) is 10.3 Å². The average molecular weight is 182 g/mol. The van der Waals surface area contributed by atoms with Gasteiger partial charge in [0.2, 0.25) is 0 Å². The van der Waals surface area contributed by atoms with Crippen molar-refractivity contribution in [1.82, 2.24) is 9.97 Å². The fraction of sp³-hybridized carbons (Fsp3) is 0.200. The van der Waals surface area contributed by atoms with Gasteiger partial charge in [0.05, 0.1) is 11.2 Å². The molecule has 0 saturated heterocycles. The number of hydrogen-bond acceptors (Lipinski definition) is 3. The van der Waals surface area contributed by atoms with Crippen LogP contribution in [0.25, 0.3) is 0 Å². The predicted molar refractivity (Wildman–Crippen MR) is 38.6 cm³/mol. The van der Waals surface area contributed by atoms with Crippen molar-refractivity contribution in [2.45, 2.75) is 0 Å². The highest BCUT2D eigenvalue weighted by molar-refractivity contribution is 6.33. The first kappa shape index (κ1) is 4.36. The SMILES string of the molecule is [2H]C([2H])([2H])Oc1nc(Cl)cc(Cl)n1. The van der Waals surface area contributed by atoms with Gasteiger partial charge in [0.15, 0.2) is 0 Å². The van der Waals surface area contributed by atoms with Crippen LogP contribution in [0.5, 0.6) is 6.01 Å². The first-order valence-electron chi connectivity index (χ1n) is 3.76. The molecule has 0 aromatic carbocycles. The van der Waals surface area contributed by atoms with Crippen molar-refractivity contribution < 1.29 is 8.85 Å². The maximum Gasteiger partial charge on any atom is 0.318 e. The summed E-state index contributed by atoms with van der Waals surface area (Å²) in [6.07, 6.45) is 0. The van der Waals surface area contributed by atoms with Gasteiger partial charge in [-0.25, -0.2) is 0 Å². The number of methoxy groups -OCH3 is 1. The van der Waals surface area contributed by atoms with Crippen LogP contribution >= 0.6 is 23.2 Å². The topological polar surface area (TPSA) is 35.0 Å². The number of ether oxygens (including phenoxy) is 1. The number of aromatic nitrogens is 2. The van der Waals surface area contributed by atoms with Crippen molar-refractivity contribution in [2.75, 3.05) is 7.04 Å². The van der Waals surface area contributed by atoms with Gasteiger partial charge in [-0.3, -0.25) is 0 Å². The summed E-state index contributed by atoms with van der Waals surface area (Å²) in [5, 5.41) is 0.0542. The molecule has 1 aromatic rings. The fourth-order valence-electron chi connectivity index (χ4n) is 0.416. The Kier molecular flexibility index (Phi) is 1.32. The molecule has 1 rings (SSSR count). The minimum atomic E-state index is -2.60. The number of rotatable bonds is 1. The summed E-state index contributed by atoms with van der Waals surface area (Å²) in [7, 11) is -2.60. The number of nitrogens with zero attached hydrogens (tertiary/aromatic N) is 2. The molecule has 0 aliphatic heterocycles. The Morgan fingerprint density at radius 1 is 1.50 bits per heavy atom. The second-order valence-electron chi connectivity index (χ2n) is 1.40. The number of hydrogen-bond donors (Lipinski definition) is 0. The normalized spacial score (nSPS) is 15.2. The molecule has 1 heterocycles. The van der Waals surface area contributed by atoms with Crippen LogP contribution in [0.1, 0.15) is 4.11 Å². The Morgan fingerprint density at radius 3 is 2.60 bits per heavy atom. The van der Waals surface area contributed by atoms with Crippen molar-refractivity contribution in [2.24, 2.45) is 0 Å². The first-order chi connectivity index (χ1) is 5.87. The second-order valence-corrected chi connectivity index (χ2v) is 2.17. The van der Waals surface area contributed by atoms with Gasteiger partial charge < -0.3 is 4.74 Å². The summed E-state index contributed by atoms with van der Waals surface area (Å²) >= 11 is 11.0. The predicted octanol–water partition coefficient (Wildman–Crippen LogP) is 1.79. The van der Waals surface area contributed by atoms with E-state index in [9.17, 15) is 0 Å². The zero-order valence-electron chi connectivity index (χ0n) is 7.64. The van der Waals surface area contributed by atoms with Gasteiger partial charge in [0.1, 0.15) is 10.3 Å². The molecule has 0 saturated carbocycles. The molecule has 0 spiro atoms. The molecule has 0 radical (unpaired) electrons. The molecular weight excluding hydrogens is 175 g/mol. The molecule has 5 heteroatoms. The van der Waals surface area contributed by atoms with Gasteiger partial charge in [0.25, 0.3) is 0 Å². The molecule has 0 aliphatic rings. The highest BCUT2D eigenvalue weighted by atomic mass is 35.5. The van der Waals surface area contributed by atoms with Crippen LogP contribution in [-0.4, -0.2) is 17.0 Å². The van der Waals surface area contributed by atoms with Crippen molar-refractivity contribution in [3.05, 3.63) is 16.4 Å². The third-order valence-electron chi connectivity index (χ3n) is 0.734. The monoisotopic (exact) mass is 181 g/mol. The van der Waals surface area contributed by atoms with E-state index < -0.39 is 7.04 Å².